The zero-order valence-electron chi connectivity index (χ0n) is 14.5. The summed E-state index contributed by atoms with van der Waals surface area (Å²) in [6.45, 7) is 4.33. The average Bonchev–Trinajstić information content (AvgIpc) is 2.61. The Morgan fingerprint density at radius 2 is 1.64 bits per heavy atom. The fraction of sp³-hybridized carbons (Fsp3) is 0.300. The quantitative estimate of drug-likeness (QED) is 0.796. The number of hydrogen-bond acceptors (Lipinski definition) is 2. The Morgan fingerprint density at radius 3 is 2.24 bits per heavy atom. The first-order chi connectivity index (χ1) is 12.0. The number of carbonyl (C=O) groups excluding carboxylic acids is 2. The number of benzene rings is 2. The lowest BCUT2D eigenvalue weighted by atomic mass is 10.0. The Kier molecular flexibility index (Phi) is 7.02. The molecule has 0 saturated heterocycles. The summed E-state index contributed by atoms with van der Waals surface area (Å²) in [5, 5.41) is 6.41. The smallest absolute Gasteiger partial charge is 0.251 e. The Bertz CT molecular complexity index is 699. The molecule has 0 aliphatic carbocycles. The maximum atomic E-state index is 12.4. The van der Waals surface area contributed by atoms with Gasteiger partial charge < -0.3 is 10.6 Å². The van der Waals surface area contributed by atoms with Crippen LogP contribution in [0.2, 0.25) is 5.02 Å². The van der Waals surface area contributed by atoms with Gasteiger partial charge in [0.2, 0.25) is 5.91 Å². The summed E-state index contributed by atoms with van der Waals surface area (Å²) in [7, 11) is 0. The van der Waals surface area contributed by atoms with E-state index in [-0.39, 0.29) is 17.7 Å². The van der Waals surface area contributed by atoms with E-state index in [2.05, 4.69) is 10.6 Å². The first kappa shape index (κ1) is 19.0. The first-order valence-electron chi connectivity index (χ1n) is 8.35. The molecule has 2 aromatic carbocycles. The third-order valence-electron chi connectivity index (χ3n) is 3.90. The molecule has 0 aliphatic heterocycles. The lowest BCUT2D eigenvalue weighted by Gasteiger charge is -2.21. The van der Waals surface area contributed by atoms with Gasteiger partial charge in [0.25, 0.3) is 5.91 Å². The topological polar surface area (TPSA) is 58.2 Å². The third-order valence-corrected chi connectivity index (χ3v) is 4.15. The molecular formula is C20H23ClN2O2. The summed E-state index contributed by atoms with van der Waals surface area (Å²) in [5.74, 6) is -0.427. The minimum Gasteiger partial charge on any atom is -0.354 e. The van der Waals surface area contributed by atoms with Gasteiger partial charge in [-0.25, -0.2) is 0 Å². The second kappa shape index (κ2) is 9.23. The Balaban J connectivity index is 1.89. The Morgan fingerprint density at radius 1 is 1.00 bits per heavy atom. The van der Waals surface area contributed by atoms with Crippen LogP contribution in [0.1, 0.15) is 29.8 Å². The highest BCUT2D eigenvalue weighted by Gasteiger charge is 2.24. The van der Waals surface area contributed by atoms with Gasteiger partial charge in [0.15, 0.2) is 0 Å². The van der Waals surface area contributed by atoms with Gasteiger partial charge in [0.1, 0.15) is 6.04 Å². The Hall–Kier alpha value is -2.33. The van der Waals surface area contributed by atoms with Gasteiger partial charge in [-0.2, -0.15) is 0 Å². The minimum atomic E-state index is -0.571. The number of amides is 2. The van der Waals surface area contributed by atoms with E-state index in [1.807, 2.05) is 44.2 Å². The normalized spacial score (nSPS) is 11.8. The van der Waals surface area contributed by atoms with E-state index in [1.165, 1.54) is 0 Å². The summed E-state index contributed by atoms with van der Waals surface area (Å²) in [6.07, 6.45) is 0.709. The van der Waals surface area contributed by atoms with Crippen LogP contribution in [0.3, 0.4) is 0 Å². The van der Waals surface area contributed by atoms with Crippen molar-refractivity contribution in [2.24, 2.45) is 5.92 Å². The zero-order valence-corrected chi connectivity index (χ0v) is 15.2. The highest BCUT2D eigenvalue weighted by molar-refractivity contribution is 6.30. The van der Waals surface area contributed by atoms with Gasteiger partial charge in [-0.1, -0.05) is 55.8 Å². The van der Waals surface area contributed by atoms with Crippen molar-refractivity contribution in [3.63, 3.8) is 0 Å². The molecule has 2 amide bonds. The summed E-state index contributed by atoms with van der Waals surface area (Å²) in [6, 6.07) is 15.9. The van der Waals surface area contributed by atoms with Crippen molar-refractivity contribution in [1.29, 1.82) is 0 Å². The van der Waals surface area contributed by atoms with Crippen LogP contribution in [-0.2, 0) is 11.2 Å². The molecule has 0 radical (unpaired) electrons. The van der Waals surface area contributed by atoms with Crippen molar-refractivity contribution in [2.45, 2.75) is 26.3 Å². The molecule has 0 bridgehead atoms. The fourth-order valence-electron chi connectivity index (χ4n) is 2.44. The molecule has 132 valence electrons. The molecule has 0 spiro atoms. The summed E-state index contributed by atoms with van der Waals surface area (Å²) in [4.78, 5) is 24.7. The van der Waals surface area contributed by atoms with E-state index in [1.54, 1.807) is 24.3 Å². The van der Waals surface area contributed by atoms with Crippen molar-refractivity contribution in [1.82, 2.24) is 10.6 Å². The summed E-state index contributed by atoms with van der Waals surface area (Å²) < 4.78 is 0. The molecule has 0 saturated carbocycles. The minimum absolute atomic E-state index is 0.0109. The van der Waals surface area contributed by atoms with Gasteiger partial charge in [0.05, 0.1) is 0 Å². The number of halogens is 1. The molecule has 0 aliphatic rings. The predicted octanol–water partition coefficient (Wildman–Crippen LogP) is 3.45. The average molecular weight is 359 g/mol. The number of carbonyl (C=O) groups is 2. The van der Waals surface area contributed by atoms with Crippen LogP contribution in [-0.4, -0.2) is 24.4 Å². The summed E-state index contributed by atoms with van der Waals surface area (Å²) in [5.41, 5.74) is 1.64. The van der Waals surface area contributed by atoms with Crippen molar-refractivity contribution < 1.29 is 9.59 Å². The standard InChI is InChI=1S/C20H23ClN2O2/c1-14(2)18(23-19(24)16-6-4-3-5-7-16)20(25)22-13-12-15-8-10-17(21)11-9-15/h3-11,14,18H,12-13H2,1-2H3,(H,22,25)(H,23,24). The molecular weight excluding hydrogens is 336 g/mol. The third kappa shape index (κ3) is 5.91. The van der Waals surface area contributed by atoms with Crippen molar-refractivity contribution in [2.75, 3.05) is 6.54 Å². The van der Waals surface area contributed by atoms with E-state index in [0.29, 0.717) is 23.6 Å². The molecule has 0 aromatic heterocycles. The summed E-state index contributed by atoms with van der Waals surface area (Å²) >= 11 is 5.86. The highest BCUT2D eigenvalue weighted by atomic mass is 35.5. The molecule has 0 heterocycles. The van der Waals surface area contributed by atoms with Gasteiger partial charge in [0, 0.05) is 17.1 Å². The van der Waals surface area contributed by atoms with E-state index >= 15 is 0 Å². The molecule has 25 heavy (non-hydrogen) atoms. The monoisotopic (exact) mass is 358 g/mol. The molecule has 2 rings (SSSR count). The van der Waals surface area contributed by atoms with Gasteiger partial charge in [-0.15, -0.1) is 0 Å². The largest absolute Gasteiger partial charge is 0.354 e. The van der Waals surface area contributed by atoms with Crippen LogP contribution in [0.25, 0.3) is 0 Å². The van der Waals surface area contributed by atoms with Crippen LogP contribution in [0.15, 0.2) is 54.6 Å². The molecule has 1 unspecified atom stereocenters. The van der Waals surface area contributed by atoms with Crippen LogP contribution >= 0.6 is 11.6 Å². The zero-order chi connectivity index (χ0) is 18.2. The van der Waals surface area contributed by atoms with E-state index in [9.17, 15) is 9.59 Å². The van der Waals surface area contributed by atoms with Crippen molar-refractivity contribution in [3.05, 3.63) is 70.7 Å². The van der Waals surface area contributed by atoms with Crippen LogP contribution < -0.4 is 10.6 Å². The number of hydrogen-bond donors (Lipinski definition) is 2. The molecule has 0 fully saturated rings. The molecule has 1 atom stereocenters. The van der Waals surface area contributed by atoms with Gasteiger partial charge >= 0.3 is 0 Å². The first-order valence-corrected chi connectivity index (χ1v) is 8.73. The van der Waals surface area contributed by atoms with E-state index in [4.69, 9.17) is 11.6 Å². The van der Waals surface area contributed by atoms with E-state index < -0.39 is 6.04 Å². The number of nitrogens with one attached hydrogen (secondary N) is 2. The molecule has 2 N–H and O–H groups in total. The molecule has 2 aromatic rings. The predicted molar refractivity (Wildman–Crippen MR) is 101 cm³/mol. The fourth-order valence-corrected chi connectivity index (χ4v) is 2.57. The van der Waals surface area contributed by atoms with Gasteiger partial charge in [-0.3, -0.25) is 9.59 Å². The maximum absolute atomic E-state index is 12.4. The molecule has 5 heteroatoms. The molecule has 4 nitrogen and oxygen atoms in total. The second-order valence-electron chi connectivity index (χ2n) is 6.23. The van der Waals surface area contributed by atoms with Crippen molar-refractivity contribution in [3.8, 4) is 0 Å². The SMILES string of the molecule is CC(C)C(NC(=O)c1ccccc1)C(=O)NCCc1ccc(Cl)cc1. The van der Waals surface area contributed by atoms with Crippen LogP contribution in [0.4, 0.5) is 0 Å². The highest BCUT2D eigenvalue weighted by Crippen LogP contribution is 2.10. The van der Waals surface area contributed by atoms with Crippen LogP contribution in [0.5, 0.6) is 0 Å². The van der Waals surface area contributed by atoms with Crippen LogP contribution in [0, 0.1) is 5.92 Å². The second-order valence-corrected chi connectivity index (χ2v) is 6.67. The lowest BCUT2D eigenvalue weighted by molar-refractivity contribution is -0.123. The maximum Gasteiger partial charge on any atom is 0.251 e. The van der Waals surface area contributed by atoms with Crippen molar-refractivity contribution >= 4 is 23.4 Å². The Labute approximate surface area is 153 Å². The lowest BCUT2D eigenvalue weighted by Crippen LogP contribution is -2.50. The van der Waals surface area contributed by atoms with E-state index in [0.717, 1.165) is 5.56 Å². The number of rotatable bonds is 7. The van der Waals surface area contributed by atoms with Gasteiger partial charge in [-0.05, 0) is 42.2 Å².